The van der Waals surface area contributed by atoms with Gasteiger partial charge in [-0.2, -0.15) is 0 Å². The number of amides is 1. The zero-order valence-electron chi connectivity index (χ0n) is 15.9. The number of methoxy groups -OCH3 is 1. The van der Waals surface area contributed by atoms with Crippen LogP contribution in [0, 0.1) is 6.92 Å². The van der Waals surface area contributed by atoms with Crippen LogP contribution in [0.5, 0.6) is 0 Å². The molecule has 142 valence electrons. The molecule has 1 aliphatic carbocycles. The van der Waals surface area contributed by atoms with Gasteiger partial charge >= 0.3 is 5.97 Å². The first-order valence-electron chi connectivity index (χ1n) is 9.45. The molecule has 0 saturated heterocycles. The highest BCUT2D eigenvalue weighted by molar-refractivity contribution is 6.11. The van der Waals surface area contributed by atoms with Crippen LogP contribution in [0.4, 0.5) is 11.4 Å². The van der Waals surface area contributed by atoms with E-state index in [1.807, 2.05) is 25.1 Å². The summed E-state index contributed by atoms with van der Waals surface area (Å²) in [7, 11) is 1.33. The van der Waals surface area contributed by atoms with Gasteiger partial charge in [-0.05, 0) is 43.5 Å². The van der Waals surface area contributed by atoms with Gasteiger partial charge in [0.15, 0.2) is 0 Å². The Bertz CT molecular complexity index is 826. The molecule has 1 aliphatic rings. The minimum absolute atomic E-state index is 0.234. The van der Waals surface area contributed by atoms with E-state index in [4.69, 9.17) is 4.74 Å². The van der Waals surface area contributed by atoms with Gasteiger partial charge in [0.25, 0.3) is 5.91 Å². The molecule has 0 bridgehead atoms. The van der Waals surface area contributed by atoms with E-state index in [1.165, 1.54) is 26.4 Å². The van der Waals surface area contributed by atoms with Crippen molar-refractivity contribution in [3.63, 3.8) is 0 Å². The molecule has 0 aromatic heterocycles. The highest BCUT2D eigenvalue weighted by atomic mass is 16.5. The van der Waals surface area contributed by atoms with Gasteiger partial charge in [0, 0.05) is 11.7 Å². The van der Waals surface area contributed by atoms with Crippen molar-refractivity contribution in [2.75, 3.05) is 17.7 Å². The summed E-state index contributed by atoms with van der Waals surface area (Å²) in [5, 5.41) is 6.43. The van der Waals surface area contributed by atoms with Crippen LogP contribution in [0.2, 0.25) is 0 Å². The summed E-state index contributed by atoms with van der Waals surface area (Å²) in [5.74, 6) is -0.709. The minimum atomic E-state index is -0.476. The maximum Gasteiger partial charge on any atom is 0.339 e. The molecular formula is C22H26N2O3. The van der Waals surface area contributed by atoms with Crippen LogP contribution in [-0.2, 0) is 4.74 Å². The molecule has 1 saturated carbocycles. The second-order valence-electron chi connectivity index (χ2n) is 6.97. The van der Waals surface area contributed by atoms with Crippen LogP contribution in [0.25, 0.3) is 0 Å². The Hall–Kier alpha value is -2.82. The summed E-state index contributed by atoms with van der Waals surface area (Å²) in [4.78, 5) is 25.0. The van der Waals surface area contributed by atoms with Gasteiger partial charge in [-0.15, -0.1) is 0 Å². The molecule has 0 radical (unpaired) electrons. The lowest BCUT2D eigenvalue weighted by molar-refractivity contribution is 0.0602. The third-order valence-electron chi connectivity index (χ3n) is 5.05. The molecule has 0 atom stereocenters. The number of anilines is 2. The normalized spacial score (nSPS) is 14.4. The van der Waals surface area contributed by atoms with Crippen LogP contribution >= 0.6 is 0 Å². The number of hydrogen-bond acceptors (Lipinski definition) is 4. The molecular weight excluding hydrogens is 340 g/mol. The van der Waals surface area contributed by atoms with E-state index in [0.717, 1.165) is 24.1 Å². The number of aryl methyl sites for hydroxylation is 1. The fraction of sp³-hybridized carbons (Fsp3) is 0.364. The molecule has 5 heteroatoms. The quantitative estimate of drug-likeness (QED) is 0.748. The lowest BCUT2D eigenvalue weighted by Gasteiger charge is -2.25. The Kier molecular flexibility index (Phi) is 6.12. The third-order valence-corrected chi connectivity index (χ3v) is 5.05. The Labute approximate surface area is 160 Å². The van der Waals surface area contributed by atoms with Crippen molar-refractivity contribution >= 4 is 23.3 Å². The first kappa shape index (κ1) is 19.0. The van der Waals surface area contributed by atoms with E-state index < -0.39 is 5.97 Å². The Morgan fingerprint density at radius 1 is 0.963 bits per heavy atom. The first-order chi connectivity index (χ1) is 13.1. The van der Waals surface area contributed by atoms with Gasteiger partial charge in [0.2, 0.25) is 0 Å². The Balaban J connectivity index is 1.86. The summed E-state index contributed by atoms with van der Waals surface area (Å²) in [6.07, 6.45) is 5.97. The second kappa shape index (κ2) is 8.71. The maximum absolute atomic E-state index is 13.1. The number of ether oxygens (including phenoxy) is 1. The highest BCUT2D eigenvalue weighted by Gasteiger charge is 2.20. The fourth-order valence-corrected chi connectivity index (χ4v) is 3.62. The van der Waals surface area contributed by atoms with E-state index in [2.05, 4.69) is 10.6 Å². The van der Waals surface area contributed by atoms with Crippen LogP contribution < -0.4 is 10.6 Å². The van der Waals surface area contributed by atoms with Gasteiger partial charge in [-0.3, -0.25) is 4.79 Å². The predicted molar refractivity (Wildman–Crippen MR) is 107 cm³/mol. The summed E-state index contributed by atoms with van der Waals surface area (Å²) >= 11 is 0. The summed E-state index contributed by atoms with van der Waals surface area (Å²) in [6.45, 7) is 1.92. The van der Waals surface area contributed by atoms with Gasteiger partial charge in [-0.25, -0.2) is 4.79 Å². The molecule has 3 rings (SSSR count). The van der Waals surface area contributed by atoms with E-state index in [1.54, 1.807) is 24.3 Å². The number of benzene rings is 2. The zero-order valence-corrected chi connectivity index (χ0v) is 15.9. The van der Waals surface area contributed by atoms with Crippen molar-refractivity contribution in [3.8, 4) is 0 Å². The van der Waals surface area contributed by atoms with Gasteiger partial charge < -0.3 is 15.4 Å². The van der Waals surface area contributed by atoms with Crippen LogP contribution in [0.1, 0.15) is 58.4 Å². The topological polar surface area (TPSA) is 67.4 Å². The molecule has 1 amide bonds. The molecule has 2 N–H and O–H groups in total. The lowest BCUT2D eigenvalue weighted by atomic mass is 9.94. The molecule has 0 spiro atoms. The number of carbonyl (C=O) groups is 2. The summed E-state index contributed by atoms with van der Waals surface area (Å²) in [6, 6.07) is 13.1. The van der Waals surface area contributed by atoms with E-state index in [9.17, 15) is 9.59 Å². The predicted octanol–water partition coefficient (Wildman–Crippen LogP) is 4.78. The first-order valence-corrected chi connectivity index (χ1v) is 9.45. The van der Waals surface area contributed by atoms with Crippen molar-refractivity contribution in [2.45, 2.75) is 45.1 Å². The van der Waals surface area contributed by atoms with Crippen molar-refractivity contribution in [3.05, 3.63) is 59.2 Å². The van der Waals surface area contributed by atoms with Crippen LogP contribution in [0.3, 0.4) is 0 Å². The molecule has 0 unspecified atom stereocenters. The number of rotatable bonds is 5. The minimum Gasteiger partial charge on any atom is -0.465 e. The van der Waals surface area contributed by atoms with Crippen molar-refractivity contribution in [1.82, 2.24) is 0 Å². The summed E-state index contributed by atoms with van der Waals surface area (Å²) < 4.78 is 4.81. The van der Waals surface area contributed by atoms with E-state index in [-0.39, 0.29) is 5.91 Å². The molecule has 2 aromatic carbocycles. The molecule has 1 fully saturated rings. The third kappa shape index (κ3) is 4.48. The number of carbonyl (C=O) groups excluding carboxylic acids is 2. The molecule has 27 heavy (non-hydrogen) atoms. The second-order valence-corrected chi connectivity index (χ2v) is 6.97. The number of nitrogens with one attached hydrogen (secondary N) is 2. The summed E-state index contributed by atoms with van der Waals surface area (Å²) in [5.41, 5.74) is 3.13. The highest BCUT2D eigenvalue weighted by Crippen LogP contribution is 2.27. The maximum atomic E-state index is 13.1. The average molecular weight is 366 g/mol. The van der Waals surface area contributed by atoms with Crippen molar-refractivity contribution in [2.24, 2.45) is 0 Å². The molecule has 5 nitrogen and oxygen atoms in total. The van der Waals surface area contributed by atoms with Crippen molar-refractivity contribution in [1.29, 1.82) is 0 Å². The van der Waals surface area contributed by atoms with E-state index >= 15 is 0 Å². The van der Waals surface area contributed by atoms with Gasteiger partial charge in [0.1, 0.15) is 0 Å². The molecule has 0 heterocycles. The van der Waals surface area contributed by atoms with E-state index in [0.29, 0.717) is 22.9 Å². The SMILES string of the molecule is COC(=O)c1ccccc1NC(=O)c1c(C)cccc1NC1CCCCC1. The average Bonchev–Trinajstić information content (AvgIpc) is 2.68. The number of esters is 1. The standard InChI is InChI=1S/C22H26N2O3/c1-15-9-8-14-19(23-16-10-4-3-5-11-16)20(15)21(25)24-18-13-7-6-12-17(18)22(26)27-2/h6-9,12-14,16,23H,3-5,10-11H2,1-2H3,(H,24,25). The van der Waals surface area contributed by atoms with Crippen LogP contribution in [0.15, 0.2) is 42.5 Å². The largest absolute Gasteiger partial charge is 0.465 e. The number of hydrogen-bond donors (Lipinski definition) is 2. The zero-order chi connectivity index (χ0) is 19.2. The number of para-hydroxylation sites is 1. The Morgan fingerprint density at radius 2 is 1.67 bits per heavy atom. The smallest absolute Gasteiger partial charge is 0.339 e. The molecule has 2 aromatic rings. The fourth-order valence-electron chi connectivity index (χ4n) is 3.62. The van der Waals surface area contributed by atoms with Crippen molar-refractivity contribution < 1.29 is 14.3 Å². The van der Waals surface area contributed by atoms with Crippen LogP contribution in [-0.4, -0.2) is 25.0 Å². The molecule has 0 aliphatic heterocycles. The lowest BCUT2D eigenvalue weighted by Crippen LogP contribution is -2.25. The monoisotopic (exact) mass is 366 g/mol. The Morgan fingerprint density at radius 3 is 2.41 bits per heavy atom. The van der Waals surface area contributed by atoms with Gasteiger partial charge in [-0.1, -0.05) is 43.5 Å². The van der Waals surface area contributed by atoms with Gasteiger partial charge in [0.05, 0.1) is 23.9 Å².